The van der Waals surface area contributed by atoms with Crippen molar-refractivity contribution < 1.29 is 14.3 Å². The molecule has 5 nitrogen and oxygen atoms in total. The molecule has 140 valence electrons. The molecule has 0 aliphatic rings. The van der Waals surface area contributed by atoms with E-state index in [0.29, 0.717) is 22.7 Å². The number of para-hydroxylation sites is 3. The molecule has 5 heteroatoms. The molecule has 0 saturated carbocycles. The van der Waals surface area contributed by atoms with Crippen molar-refractivity contribution in [2.45, 2.75) is 0 Å². The van der Waals surface area contributed by atoms with Crippen molar-refractivity contribution in [2.24, 2.45) is 0 Å². The average molecular weight is 372 g/mol. The second-order valence-corrected chi connectivity index (χ2v) is 5.93. The first-order chi connectivity index (χ1) is 13.7. The Labute approximate surface area is 163 Å². The van der Waals surface area contributed by atoms with Crippen LogP contribution in [0.3, 0.4) is 0 Å². The molecule has 2 N–H and O–H groups in total. The second kappa shape index (κ2) is 9.19. The maximum Gasteiger partial charge on any atom is 0.257 e. The van der Waals surface area contributed by atoms with E-state index in [-0.39, 0.29) is 11.8 Å². The minimum atomic E-state index is -0.340. The third-order valence-electron chi connectivity index (χ3n) is 4.01. The highest BCUT2D eigenvalue weighted by atomic mass is 16.5. The number of methoxy groups -OCH3 is 1. The van der Waals surface area contributed by atoms with E-state index in [9.17, 15) is 9.59 Å². The molecule has 2 amide bonds. The quantitative estimate of drug-likeness (QED) is 0.622. The summed E-state index contributed by atoms with van der Waals surface area (Å²) >= 11 is 0. The molecule has 28 heavy (non-hydrogen) atoms. The first-order valence-corrected chi connectivity index (χ1v) is 8.75. The molecule has 0 heterocycles. The van der Waals surface area contributed by atoms with Gasteiger partial charge in [0.15, 0.2) is 0 Å². The van der Waals surface area contributed by atoms with Crippen LogP contribution in [-0.4, -0.2) is 18.9 Å². The molecule has 0 aromatic heterocycles. The second-order valence-electron chi connectivity index (χ2n) is 5.93. The van der Waals surface area contributed by atoms with Gasteiger partial charge in [-0.3, -0.25) is 9.59 Å². The molecule has 0 aliphatic heterocycles. The van der Waals surface area contributed by atoms with Crippen LogP contribution in [0.1, 0.15) is 15.9 Å². The minimum absolute atomic E-state index is 0.318. The van der Waals surface area contributed by atoms with Crippen molar-refractivity contribution in [2.75, 3.05) is 17.7 Å². The average Bonchev–Trinajstić information content (AvgIpc) is 2.74. The van der Waals surface area contributed by atoms with Gasteiger partial charge >= 0.3 is 0 Å². The first-order valence-electron chi connectivity index (χ1n) is 8.75. The molecule has 0 bridgehead atoms. The Morgan fingerprint density at radius 3 is 2.18 bits per heavy atom. The van der Waals surface area contributed by atoms with Crippen LogP contribution in [-0.2, 0) is 4.79 Å². The van der Waals surface area contributed by atoms with Crippen molar-refractivity contribution >= 4 is 29.3 Å². The normalized spacial score (nSPS) is 10.5. The van der Waals surface area contributed by atoms with E-state index in [1.165, 1.54) is 13.2 Å². The lowest BCUT2D eigenvalue weighted by Crippen LogP contribution is -2.17. The molecule has 0 atom stereocenters. The van der Waals surface area contributed by atoms with Crippen LogP contribution < -0.4 is 15.4 Å². The van der Waals surface area contributed by atoms with Gasteiger partial charge in [0.2, 0.25) is 5.91 Å². The summed E-state index contributed by atoms with van der Waals surface area (Å²) in [7, 11) is 1.54. The van der Waals surface area contributed by atoms with Gasteiger partial charge in [-0.25, -0.2) is 0 Å². The fourth-order valence-electron chi connectivity index (χ4n) is 2.64. The summed E-state index contributed by atoms with van der Waals surface area (Å²) in [6.45, 7) is 0. The van der Waals surface area contributed by atoms with E-state index >= 15 is 0 Å². The van der Waals surface area contributed by atoms with Crippen molar-refractivity contribution in [1.29, 1.82) is 0 Å². The van der Waals surface area contributed by atoms with Crippen LogP contribution in [0.15, 0.2) is 84.9 Å². The number of benzene rings is 3. The predicted octanol–water partition coefficient (Wildman–Crippen LogP) is 4.60. The van der Waals surface area contributed by atoms with Crippen LogP contribution >= 0.6 is 0 Å². The van der Waals surface area contributed by atoms with Crippen molar-refractivity contribution in [3.63, 3.8) is 0 Å². The summed E-state index contributed by atoms with van der Waals surface area (Å²) in [6.07, 6.45) is 3.15. The Morgan fingerprint density at radius 1 is 0.786 bits per heavy atom. The Balaban J connectivity index is 1.74. The topological polar surface area (TPSA) is 67.4 Å². The number of rotatable bonds is 6. The zero-order valence-corrected chi connectivity index (χ0v) is 15.4. The van der Waals surface area contributed by atoms with Crippen LogP contribution in [0.4, 0.5) is 11.4 Å². The maximum absolute atomic E-state index is 12.7. The van der Waals surface area contributed by atoms with Crippen molar-refractivity contribution in [3.05, 3.63) is 96.1 Å². The lowest BCUT2D eigenvalue weighted by molar-refractivity contribution is -0.111. The predicted molar refractivity (Wildman–Crippen MR) is 111 cm³/mol. The highest BCUT2D eigenvalue weighted by Gasteiger charge is 2.14. The minimum Gasteiger partial charge on any atom is -0.495 e. The molecule has 3 aromatic carbocycles. The third-order valence-corrected chi connectivity index (χ3v) is 4.01. The smallest absolute Gasteiger partial charge is 0.257 e. The Hall–Kier alpha value is -3.86. The standard InChI is InChI=1S/C23H20N2O3/c1-28-21-14-8-7-13-20(21)25-23(27)18-11-5-6-12-19(18)24-22(26)16-15-17-9-3-2-4-10-17/h2-16H,1H3,(H,24,26)(H,25,27)/b16-15+. The molecule has 0 spiro atoms. The van der Waals surface area contributed by atoms with Crippen LogP contribution in [0.2, 0.25) is 0 Å². The lowest BCUT2D eigenvalue weighted by atomic mass is 10.1. The zero-order chi connectivity index (χ0) is 19.8. The van der Waals surface area contributed by atoms with E-state index in [1.54, 1.807) is 48.5 Å². The van der Waals surface area contributed by atoms with E-state index in [2.05, 4.69) is 10.6 Å². The number of hydrogen-bond donors (Lipinski definition) is 2. The zero-order valence-electron chi connectivity index (χ0n) is 15.4. The van der Waals surface area contributed by atoms with Crippen molar-refractivity contribution in [3.8, 4) is 5.75 Å². The highest BCUT2D eigenvalue weighted by molar-refractivity contribution is 6.12. The number of ether oxygens (including phenoxy) is 1. The Bertz CT molecular complexity index is 997. The monoisotopic (exact) mass is 372 g/mol. The van der Waals surface area contributed by atoms with E-state index in [1.807, 2.05) is 36.4 Å². The van der Waals surface area contributed by atoms with Crippen molar-refractivity contribution in [1.82, 2.24) is 0 Å². The molecule has 3 rings (SSSR count). The third kappa shape index (κ3) is 4.86. The summed E-state index contributed by atoms with van der Waals surface area (Å²) in [6, 6.07) is 23.5. The van der Waals surface area contributed by atoms with Gasteiger partial charge in [-0.2, -0.15) is 0 Å². The van der Waals surface area contributed by atoms with Gasteiger partial charge in [-0.1, -0.05) is 54.6 Å². The van der Waals surface area contributed by atoms with Gasteiger partial charge in [-0.05, 0) is 35.9 Å². The molecule has 0 saturated heterocycles. The van der Waals surface area contributed by atoms with E-state index < -0.39 is 0 Å². The van der Waals surface area contributed by atoms with Gasteiger partial charge in [0.25, 0.3) is 5.91 Å². The summed E-state index contributed by atoms with van der Waals surface area (Å²) in [5.41, 5.74) is 2.26. The van der Waals surface area contributed by atoms with Gasteiger partial charge in [0, 0.05) is 6.08 Å². The molecule has 3 aromatic rings. The van der Waals surface area contributed by atoms with Crippen LogP contribution in [0, 0.1) is 0 Å². The summed E-state index contributed by atoms with van der Waals surface area (Å²) < 4.78 is 5.26. The Morgan fingerprint density at radius 2 is 1.43 bits per heavy atom. The first kappa shape index (κ1) is 18.9. The molecule has 0 radical (unpaired) electrons. The molecule has 0 aliphatic carbocycles. The summed E-state index contributed by atoms with van der Waals surface area (Å²) in [5.74, 6) is -0.100. The largest absolute Gasteiger partial charge is 0.495 e. The van der Waals surface area contributed by atoms with E-state index in [4.69, 9.17) is 4.74 Å². The van der Waals surface area contributed by atoms with E-state index in [0.717, 1.165) is 5.56 Å². The lowest BCUT2D eigenvalue weighted by Gasteiger charge is -2.12. The van der Waals surface area contributed by atoms with Crippen LogP contribution in [0.25, 0.3) is 6.08 Å². The molecular weight excluding hydrogens is 352 g/mol. The van der Waals surface area contributed by atoms with Crippen LogP contribution in [0.5, 0.6) is 5.75 Å². The number of carbonyl (C=O) groups is 2. The maximum atomic E-state index is 12.7. The van der Waals surface area contributed by atoms with Gasteiger partial charge < -0.3 is 15.4 Å². The Kier molecular flexibility index (Phi) is 6.21. The molecule has 0 unspecified atom stereocenters. The number of nitrogens with one attached hydrogen (secondary N) is 2. The SMILES string of the molecule is COc1ccccc1NC(=O)c1ccccc1NC(=O)/C=C/c1ccccc1. The van der Waals surface area contributed by atoms with Gasteiger partial charge in [-0.15, -0.1) is 0 Å². The number of anilines is 2. The highest BCUT2D eigenvalue weighted by Crippen LogP contribution is 2.25. The molecular formula is C23H20N2O3. The number of amides is 2. The number of hydrogen-bond acceptors (Lipinski definition) is 3. The summed E-state index contributed by atoms with van der Waals surface area (Å²) in [4.78, 5) is 25.0. The number of carbonyl (C=O) groups excluding carboxylic acids is 2. The fraction of sp³-hybridized carbons (Fsp3) is 0.0435. The van der Waals surface area contributed by atoms with Gasteiger partial charge in [0.1, 0.15) is 5.75 Å². The summed E-state index contributed by atoms with van der Waals surface area (Å²) in [5, 5.41) is 5.57. The van der Waals surface area contributed by atoms with Gasteiger partial charge in [0.05, 0.1) is 24.0 Å². The molecule has 0 fully saturated rings. The fourth-order valence-corrected chi connectivity index (χ4v) is 2.64.